The van der Waals surface area contributed by atoms with E-state index in [9.17, 15) is 0 Å². The van der Waals surface area contributed by atoms with Gasteiger partial charge in [-0.05, 0) is 11.1 Å². The van der Waals surface area contributed by atoms with E-state index in [1.165, 1.54) is 5.56 Å². The third-order valence-corrected chi connectivity index (χ3v) is 1.92. The number of rotatable bonds is 2. The van der Waals surface area contributed by atoms with E-state index in [0.29, 0.717) is 6.10 Å². The Morgan fingerprint density at radius 2 is 2.08 bits per heavy atom. The SMILES string of the molecule is CN=Cc1ccc(C2CO2)cc1. The molecule has 2 heteroatoms. The number of aliphatic imine (C=N–C) groups is 1. The Morgan fingerprint density at radius 3 is 2.58 bits per heavy atom. The molecule has 12 heavy (non-hydrogen) atoms. The zero-order chi connectivity index (χ0) is 8.39. The molecular weight excluding hydrogens is 150 g/mol. The first-order valence-electron chi connectivity index (χ1n) is 4.04. The second-order valence-electron chi connectivity index (χ2n) is 2.88. The number of nitrogens with zero attached hydrogens (tertiary/aromatic N) is 1. The van der Waals surface area contributed by atoms with Crippen LogP contribution >= 0.6 is 0 Å². The summed E-state index contributed by atoms with van der Waals surface area (Å²) >= 11 is 0. The average molecular weight is 161 g/mol. The van der Waals surface area contributed by atoms with Crippen molar-refractivity contribution in [2.24, 2.45) is 4.99 Å². The standard InChI is InChI=1S/C10H11NO/c1-11-6-8-2-4-9(5-3-8)10-7-12-10/h2-6,10H,7H2,1H3. The van der Waals surface area contributed by atoms with Crippen LogP contribution in [0, 0.1) is 0 Å². The van der Waals surface area contributed by atoms with Crippen LogP contribution in [0.2, 0.25) is 0 Å². The molecule has 0 N–H and O–H groups in total. The predicted molar refractivity (Wildman–Crippen MR) is 48.7 cm³/mol. The van der Waals surface area contributed by atoms with Gasteiger partial charge in [-0.2, -0.15) is 0 Å². The van der Waals surface area contributed by atoms with Gasteiger partial charge in [0.05, 0.1) is 6.61 Å². The van der Waals surface area contributed by atoms with Crippen molar-refractivity contribution in [1.29, 1.82) is 0 Å². The Morgan fingerprint density at radius 1 is 1.42 bits per heavy atom. The highest BCUT2D eigenvalue weighted by Crippen LogP contribution is 2.29. The molecule has 1 aliphatic rings. The fourth-order valence-corrected chi connectivity index (χ4v) is 1.19. The summed E-state index contributed by atoms with van der Waals surface area (Å²) in [4.78, 5) is 3.94. The van der Waals surface area contributed by atoms with Crippen molar-refractivity contribution in [2.75, 3.05) is 13.7 Å². The molecular formula is C10H11NO. The maximum Gasteiger partial charge on any atom is 0.106 e. The van der Waals surface area contributed by atoms with E-state index in [0.717, 1.165) is 12.2 Å². The summed E-state index contributed by atoms with van der Waals surface area (Å²) in [6.45, 7) is 0.876. The lowest BCUT2D eigenvalue weighted by molar-refractivity contribution is 0.415. The molecule has 1 heterocycles. The Hall–Kier alpha value is -1.15. The van der Waals surface area contributed by atoms with E-state index in [1.54, 1.807) is 7.05 Å². The van der Waals surface area contributed by atoms with Crippen molar-refractivity contribution in [3.63, 3.8) is 0 Å². The van der Waals surface area contributed by atoms with Gasteiger partial charge in [0.25, 0.3) is 0 Å². The van der Waals surface area contributed by atoms with Gasteiger partial charge in [0.1, 0.15) is 6.10 Å². The van der Waals surface area contributed by atoms with E-state index in [4.69, 9.17) is 4.74 Å². The molecule has 62 valence electrons. The highest BCUT2D eigenvalue weighted by atomic mass is 16.6. The minimum atomic E-state index is 0.359. The molecule has 2 rings (SSSR count). The molecule has 1 atom stereocenters. The van der Waals surface area contributed by atoms with Crippen LogP contribution < -0.4 is 0 Å². The minimum absolute atomic E-state index is 0.359. The van der Waals surface area contributed by atoms with Crippen LogP contribution in [0.15, 0.2) is 29.3 Å². The molecule has 0 bridgehead atoms. The van der Waals surface area contributed by atoms with Gasteiger partial charge in [0.2, 0.25) is 0 Å². The van der Waals surface area contributed by atoms with Gasteiger partial charge in [-0.1, -0.05) is 24.3 Å². The number of ether oxygens (including phenoxy) is 1. The molecule has 1 fully saturated rings. The van der Waals surface area contributed by atoms with Crippen molar-refractivity contribution in [3.05, 3.63) is 35.4 Å². The van der Waals surface area contributed by atoms with Crippen LogP contribution in [0.5, 0.6) is 0 Å². The smallest absolute Gasteiger partial charge is 0.106 e. The second kappa shape index (κ2) is 3.07. The Balaban J connectivity index is 2.18. The van der Waals surface area contributed by atoms with E-state index in [-0.39, 0.29) is 0 Å². The zero-order valence-corrected chi connectivity index (χ0v) is 7.03. The van der Waals surface area contributed by atoms with Crippen molar-refractivity contribution in [1.82, 2.24) is 0 Å². The maximum atomic E-state index is 5.16. The van der Waals surface area contributed by atoms with Gasteiger partial charge in [0, 0.05) is 13.3 Å². The monoisotopic (exact) mass is 161 g/mol. The van der Waals surface area contributed by atoms with Crippen LogP contribution in [0.25, 0.3) is 0 Å². The van der Waals surface area contributed by atoms with E-state index in [1.807, 2.05) is 6.21 Å². The molecule has 0 amide bonds. The maximum absolute atomic E-state index is 5.16. The van der Waals surface area contributed by atoms with Crippen molar-refractivity contribution < 1.29 is 4.74 Å². The summed E-state index contributed by atoms with van der Waals surface area (Å²) in [5, 5.41) is 0. The minimum Gasteiger partial charge on any atom is -0.368 e. The van der Waals surface area contributed by atoms with Crippen LogP contribution in [-0.4, -0.2) is 19.9 Å². The first kappa shape index (κ1) is 7.50. The van der Waals surface area contributed by atoms with Crippen LogP contribution in [0.1, 0.15) is 17.2 Å². The lowest BCUT2D eigenvalue weighted by atomic mass is 10.1. The fraction of sp³-hybridized carbons (Fsp3) is 0.300. The van der Waals surface area contributed by atoms with E-state index in [2.05, 4.69) is 29.3 Å². The summed E-state index contributed by atoms with van der Waals surface area (Å²) < 4.78 is 5.16. The number of epoxide rings is 1. The summed E-state index contributed by atoms with van der Waals surface area (Å²) in [6, 6.07) is 8.30. The third kappa shape index (κ3) is 1.53. The molecule has 0 aromatic heterocycles. The lowest BCUT2D eigenvalue weighted by Gasteiger charge is -1.95. The van der Waals surface area contributed by atoms with E-state index < -0.39 is 0 Å². The van der Waals surface area contributed by atoms with Crippen LogP contribution in [0.4, 0.5) is 0 Å². The van der Waals surface area contributed by atoms with Gasteiger partial charge in [-0.3, -0.25) is 4.99 Å². The van der Waals surface area contributed by atoms with Crippen LogP contribution in [-0.2, 0) is 4.74 Å². The fourth-order valence-electron chi connectivity index (χ4n) is 1.19. The Labute approximate surface area is 71.9 Å². The first-order valence-corrected chi connectivity index (χ1v) is 4.04. The summed E-state index contributed by atoms with van der Waals surface area (Å²) in [7, 11) is 1.78. The molecule has 0 saturated carbocycles. The number of hydrogen-bond donors (Lipinski definition) is 0. The molecule has 2 nitrogen and oxygen atoms in total. The van der Waals surface area contributed by atoms with Gasteiger partial charge < -0.3 is 4.74 Å². The molecule has 1 unspecified atom stereocenters. The third-order valence-electron chi connectivity index (χ3n) is 1.92. The Kier molecular flexibility index (Phi) is 1.92. The lowest BCUT2D eigenvalue weighted by Crippen LogP contribution is -1.83. The molecule has 1 aromatic rings. The van der Waals surface area contributed by atoms with Crippen molar-refractivity contribution >= 4 is 6.21 Å². The number of benzene rings is 1. The van der Waals surface area contributed by atoms with Gasteiger partial charge in [-0.15, -0.1) is 0 Å². The highest BCUT2D eigenvalue weighted by Gasteiger charge is 2.23. The predicted octanol–water partition coefficient (Wildman–Crippen LogP) is 1.81. The average Bonchev–Trinajstić information content (AvgIpc) is 2.89. The quantitative estimate of drug-likeness (QED) is 0.479. The zero-order valence-electron chi connectivity index (χ0n) is 7.03. The summed E-state index contributed by atoms with van der Waals surface area (Å²) in [6.07, 6.45) is 2.20. The molecule has 1 aliphatic heterocycles. The van der Waals surface area contributed by atoms with Gasteiger partial charge in [0.15, 0.2) is 0 Å². The van der Waals surface area contributed by atoms with Gasteiger partial charge in [-0.25, -0.2) is 0 Å². The molecule has 0 spiro atoms. The topological polar surface area (TPSA) is 24.9 Å². The Bertz CT molecular complexity index is 285. The molecule has 0 radical (unpaired) electrons. The normalized spacial score (nSPS) is 21.6. The first-order chi connectivity index (χ1) is 5.90. The second-order valence-corrected chi connectivity index (χ2v) is 2.88. The summed E-state index contributed by atoms with van der Waals surface area (Å²) in [5.41, 5.74) is 2.41. The molecule has 1 aromatic carbocycles. The molecule has 0 aliphatic carbocycles. The largest absolute Gasteiger partial charge is 0.368 e. The highest BCUT2D eigenvalue weighted by molar-refractivity contribution is 5.79. The van der Waals surface area contributed by atoms with Crippen LogP contribution in [0.3, 0.4) is 0 Å². The summed E-state index contributed by atoms with van der Waals surface area (Å²) in [5.74, 6) is 0. The molecule has 1 saturated heterocycles. The van der Waals surface area contributed by atoms with Crippen molar-refractivity contribution in [3.8, 4) is 0 Å². The number of hydrogen-bond acceptors (Lipinski definition) is 2. The van der Waals surface area contributed by atoms with Gasteiger partial charge >= 0.3 is 0 Å². The van der Waals surface area contributed by atoms with E-state index >= 15 is 0 Å². The van der Waals surface area contributed by atoms with Crippen molar-refractivity contribution in [2.45, 2.75) is 6.10 Å².